The molecule has 0 unspecified atom stereocenters. The summed E-state index contributed by atoms with van der Waals surface area (Å²) in [6, 6.07) is 10.6. The Morgan fingerprint density at radius 3 is 2.65 bits per heavy atom. The van der Waals surface area contributed by atoms with Crippen LogP contribution in [0, 0.1) is 11.6 Å². The number of nitrogens with one attached hydrogen (secondary N) is 1. The number of aromatic nitrogens is 1. The highest BCUT2D eigenvalue weighted by Crippen LogP contribution is 2.27. The fraction of sp³-hybridized carbons (Fsp3) is 0. The molecule has 0 saturated heterocycles. The van der Waals surface area contributed by atoms with Gasteiger partial charge in [0.2, 0.25) is 0 Å². The van der Waals surface area contributed by atoms with Gasteiger partial charge in [-0.2, -0.15) is 0 Å². The lowest BCUT2D eigenvalue weighted by Gasteiger charge is -2.03. The molecule has 1 heterocycles. The van der Waals surface area contributed by atoms with Gasteiger partial charge in [-0.05, 0) is 46.3 Å². The third kappa shape index (κ3) is 3.46. The Morgan fingerprint density at radius 1 is 1.13 bits per heavy atom. The largest absolute Gasteiger partial charge is 0.298 e. The summed E-state index contributed by atoms with van der Waals surface area (Å²) in [5.41, 5.74) is 1.40. The number of nitrogens with zero attached hydrogens (tertiary/aromatic N) is 1. The van der Waals surface area contributed by atoms with Gasteiger partial charge in [0, 0.05) is 15.4 Å². The molecular weight excluding hydrogens is 386 g/mol. The lowest BCUT2D eigenvalue weighted by molar-refractivity contribution is 0.102. The molecule has 3 nitrogen and oxygen atoms in total. The van der Waals surface area contributed by atoms with Gasteiger partial charge in [-0.25, -0.2) is 13.8 Å². The zero-order valence-corrected chi connectivity index (χ0v) is 13.9. The molecular formula is C16H9BrF2N2OS. The van der Waals surface area contributed by atoms with Crippen molar-refractivity contribution in [2.24, 2.45) is 0 Å². The fourth-order valence-electron chi connectivity index (χ4n) is 1.93. The second-order valence-electron chi connectivity index (χ2n) is 4.60. The van der Waals surface area contributed by atoms with Crippen molar-refractivity contribution in [3.8, 4) is 11.3 Å². The van der Waals surface area contributed by atoms with Gasteiger partial charge in [0.1, 0.15) is 0 Å². The van der Waals surface area contributed by atoms with Crippen LogP contribution < -0.4 is 5.32 Å². The summed E-state index contributed by atoms with van der Waals surface area (Å²) in [5.74, 6) is -2.15. The zero-order valence-electron chi connectivity index (χ0n) is 11.5. The van der Waals surface area contributed by atoms with Crippen LogP contribution in [0.3, 0.4) is 0 Å². The van der Waals surface area contributed by atoms with E-state index in [0.717, 1.165) is 12.1 Å². The molecule has 1 amide bonds. The van der Waals surface area contributed by atoms with E-state index in [2.05, 4.69) is 26.2 Å². The number of carbonyl (C=O) groups excluding carboxylic acids is 1. The van der Waals surface area contributed by atoms with Crippen molar-refractivity contribution in [2.75, 3.05) is 5.32 Å². The zero-order chi connectivity index (χ0) is 16.4. The second-order valence-corrected chi connectivity index (χ2v) is 6.31. The van der Waals surface area contributed by atoms with E-state index in [1.165, 1.54) is 17.4 Å². The van der Waals surface area contributed by atoms with Gasteiger partial charge >= 0.3 is 0 Å². The van der Waals surface area contributed by atoms with E-state index < -0.39 is 11.6 Å². The van der Waals surface area contributed by atoms with E-state index >= 15 is 0 Å². The van der Waals surface area contributed by atoms with Crippen molar-refractivity contribution in [1.82, 2.24) is 4.98 Å². The molecule has 3 rings (SSSR count). The molecule has 0 fully saturated rings. The second kappa shape index (κ2) is 6.55. The average Bonchev–Trinajstić information content (AvgIpc) is 2.99. The number of amides is 1. The number of anilines is 1. The van der Waals surface area contributed by atoms with Gasteiger partial charge in [-0.15, -0.1) is 11.3 Å². The minimum atomic E-state index is -0.936. The summed E-state index contributed by atoms with van der Waals surface area (Å²) in [4.78, 5) is 16.4. The van der Waals surface area contributed by atoms with Gasteiger partial charge in [-0.3, -0.25) is 10.1 Å². The minimum absolute atomic E-state index is 0.302. The molecule has 116 valence electrons. The van der Waals surface area contributed by atoms with Crippen molar-refractivity contribution in [3.63, 3.8) is 0 Å². The summed E-state index contributed by atoms with van der Waals surface area (Å²) < 4.78 is 26.9. The summed E-state index contributed by atoms with van der Waals surface area (Å²) in [6.07, 6.45) is 0. The third-order valence-corrected chi connectivity index (χ3v) is 4.51. The van der Waals surface area contributed by atoms with Crippen molar-refractivity contribution in [1.29, 1.82) is 0 Å². The molecule has 2 aromatic carbocycles. The molecule has 0 radical (unpaired) electrons. The van der Waals surface area contributed by atoms with Crippen LogP contribution in [-0.4, -0.2) is 10.9 Å². The van der Waals surface area contributed by atoms with Crippen LogP contribution in [0.1, 0.15) is 10.4 Å². The maximum absolute atomic E-state index is 13.3. The number of hydrogen-bond acceptors (Lipinski definition) is 3. The Morgan fingerprint density at radius 2 is 1.91 bits per heavy atom. The van der Waals surface area contributed by atoms with Crippen LogP contribution in [0.4, 0.5) is 13.9 Å². The Bertz CT molecular complexity index is 882. The Labute approximate surface area is 143 Å². The predicted octanol–water partition coefficient (Wildman–Crippen LogP) is 5.10. The van der Waals surface area contributed by atoms with Gasteiger partial charge in [-0.1, -0.05) is 12.1 Å². The molecule has 0 spiro atoms. The predicted molar refractivity (Wildman–Crippen MR) is 89.6 cm³/mol. The lowest BCUT2D eigenvalue weighted by atomic mass is 10.2. The van der Waals surface area contributed by atoms with Crippen molar-refractivity contribution in [3.05, 3.63) is 69.5 Å². The van der Waals surface area contributed by atoms with Crippen LogP contribution in [0.5, 0.6) is 0 Å². The first-order valence-corrected chi connectivity index (χ1v) is 8.18. The summed E-state index contributed by atoms with van der Waals surface area (Å²) >= 11 is 4.52. The van der Waals surface area contributed by atoms with Crippen molar-refractivity contribution < 1.29 is 13.6 Å². The molecule has 7 heteroatoms. The van der Waals surface area contributed by atoms with Crippen LogP contribution >= 0.6 is 27.3 Å². The first kappa shape index (κ1) is 15.8. The molecule has 3 aromatic rings. The van der Waals surface area contributed by atoms with Gasteiger partial charge < -0.3 is 0 Å². The monoisotopic (exact) mass is 394 g/mol. The molecule has 0 aliphatic carbocycles. The number of hydrogen-bond donors (Lipinski definition) is 1. The highest BCUT2D eigenvalue weighted by molar-refractivity contribution is 9.10. The molecule has 0 atom stereocenters. The van der Waals surface area contributed by atoms with Crippen LogP contribution in [0.2, 0.25) is 0 Å². The maximum Gasteiger partial charge on any atom is 0.258 e. The average molecular weight is 395 g/mol. The highest BCUT2D eigenvalue weighted by Gasteiger charge is 2.13. The fourth-order valence-corrected chi connectivity index (χ4v) is 3.11. The normalized spacial score (nSPS) is 10.6. The van der Waals surface area contributed by atoms with E-state index in [1.54, 1.807) is 23.6 Å². The Hall–Kier alpha value is -2.12. The molecule has 0 aliphatic rings. The molecule has 0 bridgehead atoms. The molecule has 23 heavy (non-hydrogen) atoms. The number of rotatable bonds is 3. The van der Waals surface area contributed by atoms with Crippen molar-refractivity contribution >= 4 is 38.3 Å². The Balaban J connectivity index is 1.81. The summed E-state index contributed by atoms with van der Waals surface area (Å²) in [5, 5.41) is 4.73. The molecule has 1 aromatic heterocycles. The number of thiazole rings is 1. The number of carbonyl (C=O) groups is 1. The summed E-state index contributed by atoms with van der Waals surface area (Å²) in [7, 11) is 0. The first-order chi connectivity index (χ1) is 11.0. The maximum atomic E-state index is 13.3. The molecule has 1 N–H and O–H groups in total. The lowest BCUT2D eigenvalue weighted by Crippen LogP contribution is -2.12. The van der Waals surface area contributed by atoms with Gasteiger partial charge in [0.15, 0.2) is 16.8 Å². The standard InChI is InChI=1S/C16H9BrF2N2OS/c17-11-4-2-1-3-10(11)15(22)21-16-20-14(8-23-16)9-5-6-12(18)13(19)7-9/h1-8H,(H,20,21,22). The van der Waals surface area contributed by atoms with E-state index in [9.17, 15) is 13.6 Å². The van der Waals surface area contributed by atoms with Gasteiger partial charge in [0.25, 0.3) is 5.91 Å². The minimum Gasteiger partial charge on any atom is -0.298 e. The SMILES string of the molecule is O=C(Nc1nc(-c2ccc(F)c(F)c2)cs1)c1ccccc1Br. The van der Waals surface area contributed by atoms with Gasteiger partial charge in [0.05, 0.1) is 11.3 Å². The smallest absolute Gasteiger partial charge is 0.258 e. The quantitative estimate of drug-likeness (QED) is 0.670. The van der Waals surface area contributed by atoms with Crippen LogP contribution in [-0.2, 0) is 0 Å². The third-order valence-electron chi connectivity index (χ3n) is 3.06. The molecule has 0 saturated carbocycles. The van der Waals surface area contributed by atoms with Crippen LogP contribution in [0.15, 0.2) is 52.3 Å². The first-order valence-electron chi connectivity index (χ1n) is 6.51. The van der Waals surface area contributed by atoms with E-state index in [-0.39, 0.29) is 5.91 Å². The topological polar surface area (TPSA) is 42.0 Å². The van der Waals surface area contributed by atoms with Crippen molar-refractivity contribution in [2.45, 2.75) is 0 Å². The highest BCUT2D eigenvalue weighted by atomic mass is 79.9. The Kier molecular flexibility index (Phi) is 4.49. The molecule has 0 aliphatic heterocycles. The number of halogens is 3. The van der Waals surface area contributed by atoms with E-state index in [4.69, 9.17) is 0 Å². The van der Waals surface area contributed by atoms with E-state index in [1.807, 2.05) is 6.07 Å². The summed E-state index contributed by atoms with van der Waals surface area (Å²) in [6.45, 7) is 0. The number of benzene rings is 2. The van der Waals surface area contributed by atoms with Crippen LogP contribution in [0.25, 0.3) is 11.3 Å². The van der Waals surface area contributed by atoms with E-state index in [0.29, 0.717) is 26.4 Å².